The molecule has 112 valence electrons. The van der Waals surface area contributed by atoms with Crippen LogP contribution in [0.2, 0.25) is 0 Å². The topological polar surface area (TPSA) is 56.1 Å². The maximum Gasteiger partial charge on any atom is 0.245 e. The zero-order valence-corrected chi connectivity index (χ0v) is 12.4. The summed E-state index contributed by atoms with van der Waals surface area (Å²) < 4.78 is 13.2. The van der Waals surface area contributed by atoms with Crippen molar-refractivity contribution in [2.24, 2.45) is 5.92 Å². The first kappa shape index (κ1) is 15.3. The van der Waals surface area contributed by atoms with Crippen LogP contribution in [0.5, 0.6) is 0 Å². The average Bonchev–Trinajstić information content (AvgIpc) is 2.98. The first-order valence-corrected chi connectivity index (χ1v) is 7.28. The second-order valence-electron chi connectivity index (χ2n) is 5.70. The zero-order chi connectivity index (χ0) is 15.4. The highest BCUT2D eigenvalue weighted by Crippen LogP contribution is 2.21. The predicted molar refractivity (Wildman–Crippen MR) is 79.2 cm³/mol. The smallest absolute Gasteiger partial charge is 0.245 e. The summed E-state index contributed by atoms with van der Waals surface area (Å²) in [5.41, 5.74) is 0.722. The van der Waals surface area contributed by atoms with E-state index in [0.717, 1.165) is 25.9 Å². The fourth-order valence-electron chi connectivity index (χ4n) is 2.55. The van der Waals surface area contributed by atoms with Gasteiger partial charge in [-0.2, -0.15) is 5.26 Å². The van der Waals surface area contributed by atoms with Gasteiger partial charge in [-0.1, -0.05) is 13.8 Å². The number of halogens is 1. The molecule has 1 saturated heterocycles. The van der Waals surface area contributed by atoms with Crippen molar-refractivity contribution < 1.29 is 9.18 Å². The van der Waals surface area contributed by atoms with Crippen molar-refractivity contribution >= 4 is 11.6 Å². The molecule has 1 aliphatic heterocycles. The van der Waals surface area contributed by atoms with Gasteiger partial charge in [0.05, 0.1) is 11.3 Å². The highest BCUT2D eigenvalue weighted by atomic mass is 19.1. The van der Waals surface area contributed by atoms with Crippen molar-refractivity contribution in [3.8, 4) is 6.07 Å². The van der Waals surface area contributed by atoms with Crippen LogP contribution in [0.3, 0.4) is 0 Å². The Morgan fingerprint density at radius 1 is 1.38 bits per heavy atom. The third kappa shape index (κ3) is 3.52. The van der Waals surface area contributed by atoms with Gasteiger partial charge in [0.25, 0.3) is 0 Å². The van der Waals surface area contributed by atoms with E-state index in [4.69, 9.17) is 5.26 Å². The van der Waals surface area contributed by atoms with Crippen molar-refractivity contribution in [1.29, 1.82) is 5.26 Å². The van der Waals surface area contributed by atoms with E-state index in [-0.39, 0.29) is 17.4 Å². The lowest BCUT2D eigenvalue weighted by Gasteiger charge is -2.27. The van der Waals surface area contributed by atoms with Gasteiger partial charge in [-0.15, -0.1) is 0 Å². The Labute approximate surface area is 124 Å². The first-order valence-electron chi connectivity index (χ1n) is 7.28. The third-order valence-corrected chi connectivity index (χ3v) is 3.76. The highest BCUT2D eigenvalue weighted by Gasteiger charge is 2.29. The van der Waals surface area contributed by atoms with Crippen LogP contribution in [0.25, 0.3) is 0 Å². The molecule has 0 spiro atoms. The number of anilines is 1. The zero-order valence-electron chi connectivity index (χ0n) is 12.4. The van der Waals surface area contributed by atoms with Crippen LogP contribution in [0.15, 0.2) is 18.2 Å². The molecule has 1 N–H and O–H groups in total. The van der Waals surface area contributed by atoms with E-state index in [1.807, 2.05) is 24.8 Å². The van der Waals surface area contributed by atoms with Gasteiger partial charge in [-0.3, -0.25) is 4.79 Å². The van der Waals surface area contributed by atoms with Crippen molar-refractivity contribution in [3.05, 3.63) is 29.6 Å². The number of nitrogens with one attached hydrogen (secondary N) is 1. The fraction of sp³-hybridized carbons (Fsp3) is 0.500. The number of nitrogens with zero attached hydrogens (tertiary/aromatic N) is 2. The van der Waals surface area contributed by atoms with Gasteiger partial charge in [0.2, 0.25) is 5.91 Å². The molecular formula is C16H20FN3O. The van der Waals surface area contributed by atoms with Crippen LogP contribution in [-0.2, 0) is 4.79 Å². The van der Waals surface area contributed by atoms with Gasteiger partial charge in [-0.05, 0) is 37.0 Å². The number of hydrogen-bond donors (Lipinski definition) is 1. The van der Waals surface area contributed by atoms with Gasteiger partial charge in [-0.25, -0.2) is 4.39 Å². The molecule has 1 aromatic carbocycles. The van der Waals surface area contributed by atoms with Crippen LogP contribution in [0, 0.1) is 23.1 Å². The molecule has 1 amide bonds. The number of amides is 1. The molecule has 0 unspecified atom stereocenters. The monoisotopic (exact) mass is 289 g/mol. The largest absolute Gasteiger partial charge is 0.372 e. The second-order valence-corrected chi connectivity index (χ2v) is 5.70. The van der Waals surface area contributed by atoms with E-state index in [1.165, 1.54) is 18.2 Å². The van der Waals surface area contributed by atoms with Crippen LogP contribution in [0.4, 0.5) is 10.1 Å². The third-order valence-electron chi connectivity index (χ3n) is 3.76. The van der Waals surface area contributed by atoms with Crippen molar-refractivity contribution in [3.63, 3.8) is 0 Å². The maximum absolute atomic E-state index is 13.2. The number of hydrogen-bond acceptors (Lipinski definition) is 3. The van der Waals surface area contributed by atoms with E-state index < -0.39 is 11.9 Å². The molecule has 0 aromatic heterocycles. The molecule has 1 atom stereocenters. The van der Waals surface area contributed by atoms with E-state index in [1.54, 1.807) is 0 Å². The molecule has 0 saturated carbocycles. The summed E-state index contributed by atoms with van der Waals surface area (Å²) in [5.74, 6) is -0.325. The van der Waals surface area contributed by atoms with Gasteiger partial charge in [0.15, 0.2) is 0 Å². The summed E-state index contributed by atoms with van der Waals surface area (Å²) in [6, 6.07) is 5.55. The Morgan fingerprint density at radius 2 is 2.05 bits per heavy atom. The molecule has 21 heavy (non-hydrogen) atoms. The molecule has 0 bridgehead atoms. The summed E-state index contributed by atoms with van der Waals surface area (Å²) >= 11 is 0. The Balaban J connectivity index is 2.20. The molecule has 0 radical (unpaired) electrons. The number of carbonyl (C=O) groups excluding carboxylic acids is 1. The molecule has 0 aliphatic carbocycles. The van der Waals surface area contributed by atoms with Crippen molar-refractivity contribution in [1.82, 2.24) is 4.90 Å². The highest BCUT2D eigenvalue weighted by molar-refractivity contribution is 5.85. The van der Waals surface area contributed by atoms with Crippen LogP contribution in [0.1, 0.15) is 32.3 Å². The average molecular weight is 289 g/mol. The predicted octanol–water partition coefficient (Wildman–Crippen LogP) is 2.76. The number of carbonyl (C=O) groups is 1. The summed E-state index contributed by atoms with van der Waals surface area (Å²) in [7, 11) is 0. The van der Waals surface area contributed by atoms with Gasteiger partial charge < -0.3 is 10.2 Å². The van der Waals surface area contributed by atoms with E-state index >= 15 is 0 Å². The van der Waals surface area contributed by atoms with Crippen molar-refractivity contribution in [2.75, 3.05) is 18.4 Å². The quantitative estimate of drug-likeness (QED) is 0.927. The molecule has 4 nitrogen and oxygen atoms in total. The number of benzene rings is 1. The Morgan fingerprint density at radius 3 is 2.62 bits per heavy atom. The minimum absolute atomic E-state index is 0.0516. The Kier molecular flexibility index (Phi) is 4.79. The van der Waals surface area contributed by atoms with Crippen LogP contribution < -0.4 is 5.32 Å². The normalized spacial score (nSPS) is 15.9. The fourth-order valence-corrected chi connectivity index (χ4v) is 2.55. The minimum atomic E-state index is -0.455. The van der Waals surface area contributed by atoms with E-state index in [0.29, 0.717) is 5.69 Å². The second kappa shape index (κ2) is 6.57. The first-order chi connectivity index (χ1) is 10.0. The van der Waals surface area contributed by atoms with Crippen LogP contribution >= 0.6 is 0 Å². The molecule has 5 heteroatoms. The number of nitriles is 1. The standard InChI is InChI=1S/C16H20FN3O/c1-11(2)15(16(21)20-7-3-4-8-20)19-14-6-5-13(17)9-12(14)10-18/h5-6,9,11,15,19H,3-4,7-8H2,1-2H3/t15-/m0/s1. The maximum atomic E-state index is 13.2. The molecule has 1 aliphatic rings. The summed E-state index contributed by atoms with van der Waals surface area (Å²) in [6.07, 6.45) is 2.08. The Bertz CT molecular complexity index is 559. The van der Waals surface area contributed by atoms with Gasteiger partial charge in [0.1, 0.15) is 17.9 Å². The van der Waals surface area contributed by atoms with Crippen molar-refractivity contribution in [2.45, 2.75) is 32.7 Å². The molecule has 2 rings (SSSR count). The minimum Gasteiger partial charge on any atom is -0.372 e. The van der Waals surface area contributed by atoms with Gasteiger partial charge in [0, 0.05) is 13.1 Å². The molecule has 1 heterocycles. The number of likely N-dealkylation sites (tertiary alicyclic amines) is 1. The van der Waals surface area contributed by atoms with Crippen LogP contribution in [-0.4, -0.2) is 29.9 Å². The van der Waals surface area contributed by atoms with E-state index in [9.17, 15) is 9.18 Å². The lowest BCUT2D eigenvalue weighted by Crippen LogP contribution is -2.44. The summed E-state index contributed by atoms with van der Waals surface area (Å²) in [5, 5.41) is 12.2. The molecule has 1 aromatic rings. The molecule has 1 fully saturated rings. The SMILES string of the molecule is CC(C)[C@H](Nc1ccc(F)cc1C#N)C(=O)N1CCCC1. The Hall–Kier alpha value is -2.09. The van der Waals surface area contributed by atoms with E-state index in [2.05, 4.69) is 5.32 Å². The molecular weight excluding hydrogens is 269 g/mol. The lowest BCUT2D eigenvalue weighted by molar-refractivity contribution is -0.131. The summed E-state index contributed by atoms with van der Waals surface area (Å²) in [6.45, 7) is 5.50. The summed E-state index contributed by atoms with van der Waals surface area (Å²) in [4.78, 5) is 14.4. The lowest BCUT2D eigenvalue weighted by atomic mass is 10.0. The van der Waals surface area contributed by atoms with Gasteiger partial charge >= 0.3 is 0 Å². The number of rotatable bonds is 4.